The molecule has 0 aliphatic carbocycles. The van der Waals surface area contributed by atoms with Gasteiger partial charge in [-0.1, -0.05) is 60.7 Å². The van der Waals surface area contributed by atoms with E-state index < -0.39 is 12.1 Å². The third-order valence-electron chi connectivity index (χ3n) is 3.86. The van der Waals surface area contributed by atoms with Crippen LogP contribution in [0.3, 0.4) is 0 Å². The summed E-state index contributed by atoms with van der Waals surface area (Å²) in [5.41, 5.74) is 2.09. The molecule has 0 aliphatic heterocycles. The standard InChI is InChI=1S/C21H17FO3/c22-19-9-5-4-8-18(19)16-10-12-17(13-11-16)25-20(21(23)24)14-15-6-2-1-3-7-15/h1-13,20H,14H2,(H,23,24)/t20-/m0/s1. The molecule has 1 atom stereocenters. The first-order chi connectivity index (χ1) is 12.1. The van der Waals surface area contributed by atoms with Crippen LogP contribution in [0.25, 0.3) is 11.1 Å². The average molecular weight is 336 g/mol. The molecule has 0 unspecified atom stereocenters. The Labute approximate surface area is 145 Å². The van der Waals surface area contributed by atoms with Crippen molar-refractivity contribution < 1.29 is 19.0 Å². The summed E-state index contributed by atoms with van der Waals surface area (Å²) in [5, 5.41) is 9.39. The van der Waals surface area contributed by atoms with Gasteiger partial charge in [0, 0.05) is 12.0 Å². The van der Waals surface area contributed by atoms with E-state index in [9.17, 15) is 14.3 Å². The summed E-state index contributed by atoms with van der Waals surface area (Å²) in [4.78, 5) is 11.5. The second kappa shape index (κ2) is 7.62. The molecule has 126 valence electrons. The Morgan fingerprint density at radius 1 is 0.920 bits per heavy atom. The van der Waals surface area contributed by atoms with Crippen LogP contribution in [-0.2, 0) is 11.2 Å². The van der Waals surface area contributed by atoms with Crippen molar-refractivity contribution in [3.05, 3.63) is 90.2 Å². The molecule has 0 heterocycles. The lowest BCUT2D eigenvalue weighted by molar-refractivity contribution is -0.145. The number of aliphatic carboxylic acids is 1. The van der Waals surface area contributed by atoms with E-state index >= 15 is 0 Å². The minimum absolute atomic E-state index is 0.269. The summed E-state index contributed by atoms with van der Waals surface area (Å²) in [7, 11) is 0. The fourth-order valence-corrected chi connectivity index (χ4v) is 2.58. The van der Waals surface area contributed by atoms with E-state index in [4.69, 9.17) is 4.74 Å². The van der Waals surface area contributed by atoms with Gasteiger partial charge in [-0.15, -0.1) is 0 Å². The molecule has 3 aromatic rings. The summed E-state index contributed by atoms with van der Waals surface area (Å²) in [6.45, 7) is 0. The van der Waals surface area contributed by atoms with Crippen LogP contribution < -0.4 is 4.74 Å². The molecule has 0 aliphatic rings. The van der Waals surface area contributed by atoms with Gasteiger partial charge in [-0.3, -0.25) is 0 Å². The van der Waals surface area contributed by atoms with Crippen LogP contribution >= 0.6 is 0 Å². The predicted molar refractivity (Wildman–Crippen MR) is 94.0 cm³/mol. The Bertz CT molecular complexity index is 845. The molecule has 1 N–H and O–H groups in total. The van der Waals surface area contributed by atoms with Gasteiger partial charge < -0.3 is 9.84 Å². The minimum Gasteiger partial charge on any atom is -0.478 e. The zero-order valence-electron chi connectivity index (χ0n) is 13.4. The first-order valence-electron chi connectivity index (χ1n) is 7.92. The van der Waals surface area contributed by atoms with E-state index in [1.54, 1.807) is 42.5 Å². The molecule has 3 aromatic carbocycles. The van der Waals surface area contributed by atoms with Crippen molar-refractivity contribution in [2.75, 3.05) is 0 Å². The van der Waals surface area contributed by atoms with Gasteiger partial charge in [-0.05, 0) is 29.3 Å². The number of ether oxygens (including phenoxy) is 1. The average Bonchev–Trinajstić information content (AvgIpc) is 2.63. The van der Waals surface area contributed by atoms with Crippen LogP contribution in [0.2, 0.25) is 0 Å². The number of carbonyl (C=O) groups is 1. The van der Waals surface area contributed by atoms with Crippen LogP contribution in [0.4, 0.5) is 4.39 Å². The van der Waals surface area contributed by atoms with Crippen LogP contribution in [0.5, 0.6) is 5.75 Å². The number of rotatable bonds is 6. The highest BCUT2D eigenvalue weighted by molar-refractivity contribution is 5.73. The Balaban J connectivity index is 1.75. The second-order valence-electron chi connectivity index (χ2n) is 5.64. The van der Waals surface area contributed by atoms with E-state index in [0.29, 0.717) is 16.9 Å². The summed E-state index contributed by atoms with van der Waals surface area (Å²) in [6.07, 6.45) is -0.715. The van der Waals surface area contributed by atoms with Gasteiger partial charge in [0.25, 0.3) is 0 Å². The van der Waals surface area contributed by atoms with Gasteiger partial charge in [-0.2, -0.15) is 0 Å². The summed E-state index contributed by atoms with van der Waals surface area (Å²) >= 11 is 0. The SMILES string of the molecule is O=C(O)[C@H](Cc1ccccc1)Oc1ccc(-c2ccccc2F)cc1. The van der Waals surface area contributed by atoms with E-state index in [2.05, 4.69) is 0 Å². The zero-order valence-corrected chi connectivity index (χ0v) is 13.4. The largest absolute Gasteiger partial charge is 0.478 e. The van der Waals surface area contributed by atoms with Crippen molar-refractivity contribution in [1.29, 1.82) is 0 Å². The maximum Gasteiger partial charge on any atom is 0.345 e. The van der Waals surface area contributed by atoms with Crippen molar-refractivity contribution in [3.63, 3.8) is 0 Å². The topological polar surface area (TPSA) is 46.5 Å². The molecular weight excluding hydrogens is 319 g/mol. The smallest absolute Gasteiger partial charge is 0.345 e. The Morgan fingerprint density at radius 3 is 2.20 bits per heavy atom. The summed E-state index contributed by atoms with van der Waals surface area (Å²) in [5.74, 6) is -0.894. The Hall–Kier alpha value is -3.14. The lowest BCUT2D eigenvalue weighted by atomic mass is 10.1. The Kier molecular flexibility index (Phi) is 5.09. The Morgan fingerprint density at radius 2 is 1.56 bits per heavy atom. The second-order valence-corrected chi connectivity index (χ2v) is 5.64. The summed E-state index contributed by atoms with van der Waals surface area (Å²) in [6, 6.07) is 22.6. The molecule has 0 amide bonds. The number of carboxylic acid groups (broad SMARTS) is 1. The highest BCUT2D eigenvalue weighted by Crippen LogP contribution is 2.25. The monoisotopic (exact) mass is 336 g/mol. The van der Waals surface area contributed by atoms with Crippen molar-refractivity contribution in [1.82, 2.24) is 0 Å². The van der Waals surface area contributed by atoms with Gasteiger partial charge in [0.05, 0.1) is 0 Å². The van der Waals surface area contributed by atoms with Crippen molar-refractivity contribution >= 4 is 5.97 Å². The molecule has 0 bridgehead atoms. The fourth-order valence-electron chi connectivity index (χ4n) is 2.58. The van der Waals surface area contributed by atoms with Gasteiger partial charge in [0.2, 0.25) is 0 Å². The van der Waals surface area contributed by atoms with Crippen LogP contribution in [0.15, 0.2) is 78.9 Å². The third-order valence-corrected chi connectivity index (χ3v) is 3.86. The van der Waals surface area contributed by atoms with E-state index in [1.165, 1.54) is 6.07 Å². The number of carboxylic acids is 1. The van der Waals surface area contributed by atoms with Crippen LogP contribution in [-0.4, -0.2) is 17.2 Å². The van der Waals surface area contributed by atoms with Gasteiger partial charge in [-0.25, -0.2) is 9.18 Å². The molecule has 0 spiro atoms. The molecule has 0 fully saturated rings. The number of hydrogen-bond donors (Lipinski definition) is 1. The zero-order chi connectivity index (χ0) is 17.6. The predicted octanol–water partition coefficient (Wildman–Crippen LogP) is 4.57. The molecule has 4 heteroatoms. The highest BCUT2D eigenvalue weighted by atomic mass is 19.1. The number of hydrogen-bond acceptors (Lipinski definition) is 2. The van der Waals surface area contributed by atoms with E-state index in [-0.39, 0.29) is 12.2 Å². The highest BCUT2D eigenvalue weighted by Gasteiger charge is 2.20. The van der Waals surface area contributed by atoms with Gasteiger partial charge >= 0.3 is 5.97 Å². The lowest BCUT2D eigenvalue weighted by Gasteiger charge is -2.15. The molecule has 0 radical (unpaired) electrons. The van der Waals surface area contributed by atoms with Gasteiger partial charge in [0.1, 0.15) is 11.6 Å². The van der Waals surface area contributed by atoms with E-state index in [0.717, 1.165) is 5.56 Å². The quantitative estimate of drug-likeness (QED) is 0.717. The lowest BCUT2D eigenvalue weighted by Crippen LogP contribution is -2.29. The maximum absolute atomic E-state index is 13.8. The van der Waals surface area contributed by atoms with Gasteiger partial charge in [0.15, 0.2) is 6.10 Å². The number of benzene rings is 3. The molecule has 3 nitrogen and oxygen atoms in total. The van der Waals surface area contributed by atoms with E-state index in [1.807, 2.05) is 30.3 Å². The molecule has 25 heavy (non-hydrogen) atoms. The van der Waals surface area contributed by atoms with Crippen LogP contribution in [0.1, 0.15) is 5.56 Å². The molecule has 0 saturated heterocycles. The minimum atomic E-state index is -1.03. The maximum atomic E-state index is 13.8. The molecule has 0 aromatic heterocycles. The van der Waals surface area contributed by atoms with Crippen molar-refractivity contribution in [3.8, 4) is 16.9 Å². The molecular formula is C21H17FO3. The number of halogens is 1. The van der Waals surface area contributed by atoms with Crippen LogP contribution in [0, 0.1) is 5.82 Å². The first-order valence-corrected chi connectivity index (χ1v) is 7.92. The summed E-state index contributed by atoms with van der Waals surface area (Å²) < 4.78 is 19.4. The fraction of sp³-hybridized carbons (Fsp3) is 0.0952. The molecule has 0 saturated carbocycles. The van der Waals surface area contributed by atoms with Crippen molar-refractivity contribution in [2.24, 2.45) is 0 Å². The normalized spacial score (nSPS) is 11.7. The molecule has 3 rings (SSSR count). The third kappa shape index (κ3) is 4.23. The first kappa shape index (κ1) is 16.7. The van der Waals surface area contributed by atoms with Crippen molar-refractivity contribution in [2.45, 2.75) is 12.5 Å².